The van der Waals surface area contributed by atoms with Crippen molar-refractivity contribution in [2.24, 2.45) is 0 Å². The van der Waals surface area contributed by atoms with E-state index in [0.29, 0.717) is 0 Å². The predicted molar refractivity (Wildman–Crippen MR) is 97.6 cm³/mol. The lowest BCUT2D eigenvalue weighted by Crippen LogP contribution is -2.43. The van der Waals surface area contributed by atoms with Crippen LogP contribution in [0, 0.1) is 0 Å². The van der Waals surface area contributed by atoms with Crippen molar-refractivity contribution in [3.63, 3.8) is 0 Å². The monoisotopic (exact) mass is 367 g/mol. The van der Waals surface area contributed by atoms with E-state index in [-0.39, 0.29) is 19.4 Å². The molecule has 2 N–H and O–H groups in total. The largest absolute Gasteiger partial charge is 0.480 e. The van der Waals surface area contributed by atoms with Gasteiger partial charge in [-0.3, -0.25) is 4.79 Å². The third kappa shape index (κ3) is 11.1. The van der Waals surface area contributed by atoms with Gasteiger partial charge in [0.15, 0.2) is 0 Å². The summed E-state index contributed by atoms with van der Waals surface area (Å²) < 4.78 is 10.1. The first-order chi connectivity index (χ1) is 12.2. The van der Waals surface area contributed by atoms with Gasteiger partial charge in [-0.15, -0.1) is 0 Å². The molecule has 146 valence electrons. The number of rotatable bonds is 7. The highest BCUT2D eigenvalue weighted by molar-refractivity contribution is 5.80. The summed E-state index contributed by atoms with van der Waals surface area (Å²) in [5, 5.41) is 11.4. The molecule has 0 radical (unpaired) electrons. The number of alkyl carbamates (subject to hydrolysis) is 1. The molecule has 0 bridgehead atoms. The van der Waals surface area contributed by atoms with E-state index in [1.807, 2.05) is 44.2 Å². The summed E-state index contributed by atoms with van der Waals surface area (Å²) in [5.74, 6) is -1.77. The van der Waals surface area contributed by atoms with Gasteiger partial charge in [0.1, 0.15) is 18.2 Å². The van der Waals surface area contributed by atoms with Gasteiger partial charge in [-0.05, 0) is 32.8 Å². The predicted octanol–water partition coefficient (Wildman–Crippen LogP) is 3.51. The second-order valence-electron chi connectivity index (χ2n) is 6.22. The molecule has 0 saturated heterocycles. The number of esters is 1. The molecular weight excluding hydrogens is 338 g/mol. The molecule has 1 amide bonds. The minimum Gasteiger partial charge on any atom is -0.480 e. The molecule has 7 heteroatoms. The van der Waals surface area contributed by atoms with E-state index >= 15 is 0 Å². The first-order valence-electron chi connectivity index (χ1n) is 8.59. The maximum atomic E-state index is 11.7. The van der Waals surface area contributed by atoms with E-state index in [0.717, 1.165) is 5.56 Å². The second-order valence-corrected chi connectivity index (χ2v) is 6.22. The van der Waals surface area contributed by atoms with Crippen LogP contribution in [0.15, 0.2) is 30.3 Å². The normalized spacial score (nSPS) is 11.4. The molecule has 0 spiro atoms. The lowest BCUT2D eigenvalue weighted by atomic mass is 10.1. The van der Waals surface area contributed by atoms with Crippen LogP contribution in [0.3, 0.4) is 0 Å². The number of hydrogen-bond donors (Lipinski definition) is 2. The average molecular weight is 367 g/mol. The highest BCUT2D eigenvalue weighted by atomic mass is 16.6. The van der Waals surface area contributed by atoms with Crippen molar-refractivity contribution in [1.82, 2.24) is 5.32 Å². The van der Waals surface area contributed by atoms with Crippen molar-refractivity contribution in [3.05, 3.63) is 35.9 Å². The van der Waals surface area contributed by atoms with Gasteiger partial charge in [0.05, 0.1) is 0 Å². The molecule has 1 atom stereocenters. The molecule has 1 aromatic rings. The van der Waals surface area contributed by atoms with Crippen LogP contribution in [-0.4, -0.2) is 34.8 Å². The summed E-state index contributed by atoms with van der Waals surface area (Å²) in [6, 6.07) is 7.92. The fraction of sp³-hybridized carbons (Fsp3) is 0.526. The van der Waals surface area contributed by atoms with E-state index in [9.17, 15) is 14.4 Å². The summed E-state index contributed by atoms with van der Waals surface area (Å²) in [5.41, 5.74) is 0.106. The van der Waals surface area contributed by atoms with Crippen LogP contribution in [0.25, 0.3) is 0 Å². The van der Waals surface area contributed by atoms with Gasteiger partial charge < -0.3 is 19.9 Å². The summed E-state index contributed by atoms with van der Waals surface area (Å²) in [4.78, 5) is 34.5. The van der Waals surface area contributed by atoms with Gasteiger partial charge in [0.2, 0.25) is 0 Å². The molecule has 1 aromatic carbocycles. The number of amides is 1. The lowest BCUT2D eigenvalue weighted by molar-refractivity contribution is -0.145. The fourth-order valence-electron chi connectivity index (χ4n) is 1.78. The van der Waals surface area contributed by atoms with Crippen LogP contribution in [0.5, 0.6) is 0 Å². The molecule has 26 heavy (non-hydrogen) atoms. The summed E-state index contributed by atoms with van der Waals surface area (Å²) in [6.45, 7) is 9.13. The molecule has 0 aliphatic carbocycles. The zero-order chi connectivity index (χ0) is 20.2. The number of carbonyl (C=O) groups is 3. The Morgan fingerprint density at radius 3 is 2.19 bits per heavy atom. The number of benzene rings is 1. The molecule has 1 unspecified atom stereocenters. The van der Waals surface area contributed by atoms with E-state index < -0.39 is 29.7 Å². The third-order valence-corrected chi connectivity index (χ3v) is 2.87. The second kappa shape index (κ2) is 11.9. The van der Waals surface area contributed by atoms with Crippen molar-refractivity contribution in [1.29, 1.82) is 0 Å². The maximum Gasteiger partial charge on any atom is 0.408 e. The number of carbonyl (C=O) groups excluding carboxylic acids is 2. The Balaban J connectivity index is 0.00000301. The van der Waals surface area contributed by atoms with E-state index in [1.165, 1.54) is 0 Å². The van der Waals surface area contributed by atoms with Gasteiger partial charge >= 0.3 is 18.0 Å². The molecule has 0 aliphatic heterocycles. The number of nitrogens with one attached hydrogen (secondary N) is 1. The van der Waals surface area contributed by atoms with E-state index in [2.05, 4.69) is 5.32 Å². The zero-order valence-corrected chi connectivity index (χ0v) is 16.1. The number of ether oxygens (including phenoxy) is 2. The number of carboxylic acid groups (broad SMARTS) is 1. The SMILES string of the molecule is CC.CC(C)(C)OC(=O)NC(CCC(=O)OCc1ccccc1)C(=O)O. The molecule has 0 aliphatic rings. The van der Waals surface area contributed by atoms with Crippen LogP contribution in [0.4, 0.5) is 4.79 Å². The molecular formula is C19H29NO6. The minimum atomic E-state index is -1.24. The average Bonchev–Trinajstić information content (AvgIpc) is 2.57. The van der Waals surface area contributed by atoms with Gasteiger partial charge in [-0.1, -0.05) is 44.2 Å². The number of hydrogen-bond acceptors (Lipinski definition) is 5. The van der Waals surface area contributed by atoms with Crippen LogP contribution in [0.1, 0.15) is 53.0 Å². The summed E-state index contributed by atoms with van der Waals surface area (Å²) in [6.07, 6.45) is -1.05. The molecule has 7 nitrogen and oxygen atoms in total. The Morgan fingerprint density at radius 1 is 1.12 bits per heavy atom. The smallest absolute Gasteiger partial charge is 0.408 e. The Kier molecular flexibility index (Phi) is 10.7. The summed E-state index contributed by atoms with van der Waals surface area (Å²) >= 11 is 0. The lowest BCUT2D eigenvalue weighted by Gasteiger charge is -2.21. The van der Waals surface area contributed by atoms with Crippen molar-refractivity contribution in [3.8, 4) is 0 Å². The number of aliphatic carboxylic acids is 1. The quantitative estimate of drug-likeness (QED) is 0.715. The maximum absolute atomic E-state index is 11.7. The molecule has 1 rings (SSSR count). The molecule has 0 saturated carbocycles. The Labute approximate surface area is 154 Å². The highest BCUT2D eigenvalue weighted by Gasteiger charge is 2.24. The zero-order valence-electron chi connectivity index (χ0n) is 16.1. The van der Waals surface area contributed by atoms with Crippen molar-refractivity contribution in [2.45, 2.75) is 65.7 Å². The number of carboxylic acids is 1. The Bertz CT molecular complexity index is 565. The first-order valence-corrected chi connectivity index (χ1v) is 8.59. The Morgan fingerprint density at radius 2 is 1.69 bits per heavy atom. The van der Waals surface area contributed by atoms with E-state index in [4.69, 9.17) is 14.6 Å². The summed E-state index contributed by atoms with van der Waals surface area (Å²) in [7, 11) is 0. The van der Waals surface area contributed by atoms with Crippen LogP contribution >= 0.6 is 0 Å². The first kappa shape index (κ1) is 23.4. The molecule has 0 heterocycles. The highest BCUT2D eigenvalue weighted by Crippen LogP contribution is 2.08. The third-order valence-electron chi connectivity index (χ3n) is 2.87. The van der Waals surface area contributed by atoms with Gasteiger partial charge in [-0.2, -0.15) is 0 Å². The topological polar surface area (TPSA) is 102 Å². The molecule has 0 fully saturated rings. The van der Waals surface area contributed by atoms with E-state index in [1.54, 1.807) is 20.8 Å². The van der Waals surface area contributed by atoms with Crippen LogP contribution in [0.2, 0.25) is 0 Å². The van der Waals surface area contributed by atoms with Crippen molar-refractivity contribution in [2.75, 3.05) is 0 Å². The standard InChI is InChI=1S/C17H23NO6.C2H6/c1-17(2,3)24-16(22)18-13(15(20)21)9-10-14(19)23-11-12-7-5-4-6-8-12;1-2/h4-8,13H,9-11H2,1-3H3,(H,18,22)(H,20,21);1-2H3. The Hall–Kier alpha value is -2.57. The van der Waals surface area contributed by atoms with Crippen molar-refractivity contribution >= 4 is 18.0 Å². The van der Waals surface area contributed by atoms with Gasteiger partial charge in [-0.25, -0.2) is 9.59 Å². The van der Waals surface area contributed by atoms with Gasteiger partial charge in [0.25, 0.3) is 0 Å². The van der Waals surface area contributed by atoms with Gasteiger partial charge in [0, 0.05) is 6.42 Å². The van der Waals surface area contributed by atoms with Crippen LogP contribution < -0.4 is 5.32 Å². The van der Waals surface area contributed by atoms with Crippen LogP contribution in [-0.2, 0) is 25.7 Å². The minimum absolute atomic E-state index is 0.0812. The van der Waals surface area contributed by atoms with Crippen molar-refractivity contribution < 1.29 is 29.0 Å². The fourth-order valence-corrected chi connectivity index (χ4v) is 1.78. The molecule has 0 aromatic heterocycles.